The maximum atomic E-state index is 12.0. The minimum Gasteiger partial charge on any atom is -0.295 e. The minimum atomic E-state index is -3.55. The molecule has 0 aliphatic heterocycles. The van der Waals surface area contributed by atoms with Crippen molar-refractivity contribution in [1.82, 2.24) is 19.5 Å². The molecule has 2 rings (SSSR count). The van der Waals surface area contributed by atoms with Crippen LogP contribution in [0.5, 0.6) is 0 Å². The molecule has 8 heteroatoms. The fourth-order valence-electron chi connectivity index (χ4n) is 1.75. The molecule has 7 nitrogen and oxygen atoms in total. The second-order valence-corrected chi connectivity index (χ2v) is 6.26. The largest absolute Gasteiger partial charge is 0.295 e. The molecule has 112 valence electrons. The van der Waals surface area contributed by atoms with Crippen molar-refractivity contribution in [3.8, 4) is 0 Å². The molecule has 1 aromatic heterocycles. The number of ketones is 1. The Morgan fingerprint density at radius 3 is 2.57 bits per heavy atom. The van der Waals surface area contributed by atoms with Crippen LogP contribution < -0.4 is 4.72 Å². The molecule has 0 atom stereocenters. The van der Waals surface area contributed by atoms with Crippen molar-refractivity contribution >= 4 is 15.8 Å². The second-order valence-electron chi connectivity index (χ2n) is 4.49. The zero-order valence-electron chi connectivity index (χ0n) is 11.6. The van der Waals surface area contributed by atoms with Gasteiger partial charge in [-0.1, -0.05) is 12.1 Å². The molecule has 0 aliphatic rings. The number of aryl methyl sites for hydroxylation is 1. The van der Waals surface area contributed by atoms with Crippen LogP contribution in [0.15, 0.2) is 41.8 Å². The van der Waals surface area contributed by atoms with E-state index in [1.807, 2.05) is 0 Å². The number of benzene rings is 1. The summed E-state index contributed by atoms with van der Waals surface area (Å²) in [5.41, 5.74) is 0.486. The number of hydrogen-bond donors (Lipinski definition) is 1. The number of carbonyl (C=O) groups is 1. The van der Waals surface area contributed by atoms with Crippen molar-refractivity contribution in [3.63, 3.8) is 0 Å². The summed E-state index contributed by atoms with van der Waals surface area (Å²) in [7, 11) is -3.55. The van der Waals surface area contributed by atoms with Gasteiger partial charge in [-0.15, -0.1) is 0 Å². The lowest BCUT2D eigenvalue weighted by Gasteiger charge is -2.07. The highest BCUT2D eigenvalue weighted by molar-refractivity contribution is 7.89. The highest BCUT2D eigenvalue weighted by atomic mass is 32.2. The Morgan fingerprint density at radius 2 is 2.00 bits per heavy atom. The van der Waals surface area contributed by atoms with Crippen LogP contribution in [0.25, 0.3) is 0 Å². The van der Waals surface area contributed by atoms with Crippen molar-refractivity contribution in [3.05, 3.63) is 42.5 Å². The molecule has 1 heterocycles. The quantitative estimate of drug-likeness (QED) is 0.604. The smallest absolute Gasteiger partial charge is 0.240 e. The van der Waals surface area contributed by atoms with Gasteiger partial charge < -0.3 is 0 Å². The van der Waals surface area contributed by atoms with E-state index in [2.05, 4.69) is 14.8 Å². The van der Waals surface area contributed by atoms with Crippen molar-refractivity contribution in [2.45, 2.75) is 24.8 Å². The van der Waals surface area contributed by atoms with Gasteiger partial charge in [-0.05, 0) is 25.5 Å². The number of sulfonamides is 1. The normalized spacial score (nSPS) is 11.5. The molecular weight excluding hydrogens is 292 g/mol. The molecule has 0 fully saturated rings. The van der Waals surface area contributed by atoms with Gasteiger partial charge in [0.1, 0.15) is 12.7 Å². The second kappa shape index (κ2) is 6.59. The Hall–Kier alpha value is -2.06. The van der Waals surface area contributed by atoms with E-state index in [-0.39, 0.29) is 10.7 Å². The van der Waals surface area contributed by atoms with Crippen LogP contribution in [0.2, 0.25) is 0 Å². The summed E-state index contributed by atoms with van der Waals surface area (Å²) in [5.74, 6) is -0.0975. The van der Waals surface area contributed by atoms with Gasteiger partial charge in [-0.25, -0.2) is 18.1 Å². The van der Waals surface area contributed by atoms with Gasteiger partial charge >= 0.3 is 0 Å². The van der Waals surface area contributed by atoms with Crippen molar-refractivity contribution in [1.29, 1.82) is 0 Å². The molecule has 0 radical (unpaired) electrons. The summed E-state index contributed by atoms with van der Waals surface area (Å²) >= 11 is 0. The number of nitrogens with zero attached hydrogens (tertiary/aromatic N) is 3. The molecule has 1 N–H and O–H groups in total. The summed E-state index contributed by atoms with van der Waals surface area (Å²) in [5, 5.41) is 3.93. The van der Waals surface area contributed by atoms with E-state index in [9.17, 15) is 13.2 Å². The number of hydrogen-bond acceptors (Lipinski definition) is 5. The lowest BCUT2D eigenvalue weighted by atomic mass is 10.2. The maximum absolute atomic E-state index is 12.0. The molecule has 0 aliphatic carbocycles. The monoisotopic (exact) mass is 308 g/mol. The number of nitrogens with one attached hydrogen (secondary N) is 1. The van der Waals surface area contributed by atoms with Gasteiger partial charge in [0.05, 0.1) is 4.90 Å². The SMILES string of the molecule is CC(=O)c1ccc(S(=O)(=O)NCCCn2cncn2)cc1. The fraction of sp³-hybridized carbons (Fsp3) is 0.308. The van der Waals surface area contributed by atoms with E-state index in [0.717, 1.165) is 0 Å². The standard InChI is InChI=1S/C13H16N4O3S/c1-11(18)12-3-5-13(6-4-12)21(19,20)16-7-2-8-17-10-14-9-15-17/h3-6,9-10,16H,2,7-8H2,1H3. The molecule has 0 saturated carbocycles. The molecule has 0 bridgehead atoms. The zero-order valence-corrected chi connectivity index (χ0v) is 12.4. The van der Waals surface area contributed by atoms with Gasteiger partial charge in [0, 0.05) is 18.7 Å². The van der Waals surface area contributed by atoms with Crippen LogP contribution in [-0.4, -0.2) is 35.5 Å². The molecule has 2 aromatic rings. The van der Waals surface area contributed by atoms with Crippen LogP contribution in [-0.2, 0) is 16.6 Å². The maximum Gasteiger partial charge on any atom is 0.240 e. The average Bonchev–Trinajstić information content (AvgIpc) is 2.97. The highest BCUT2D eigenvalue weighted by Crippen LogP contribution is 2.10. The number of carbonyl (C=O) groups excluding carboxylic acids is 1. The minimum absolute atomic E-state index is 0.0975. The molecule has 1 aromatic carbocycles. The molecule has 0 amide bonds. The predicted molar refractivity (Wildman–Crippen MR) is 76.3 cm³/mol. The molecular formula is C13H16N4O3S. The van der Waals surface area contributed by atoms with Crippen molar-refractivity contribution < 1.29 is 13.2 Å². The van der Waals surface area contributed by atoms with Crippen LogP contribution in [0.4, 0.5) is 0 Å². The summed E-state index contributed by atoms with van der Waals surface area (Å²) in [6.07, 6.45) is 3.61. The Bertz CT molecular complexity index is 694. The van der Waals surface area contributed by atoms with Crippen molar-refractivity contribution in [2.24, 2.45) is 0 Å². The van der Waals surface area contributed by atoms with E-state index in [1.165, 1.54) is 37.5 Å². The lowest BCUT2D eigenvalue weighted by molar-refractivity contribution is 0.101. The first-order valence-corrected chi connectivity index (χ1v) is 7.90. The van der Waals surface area contributed by atoms with Gasteiger partial charge in [0.25, 0.3) is 0 Å². The van der Waals surface area contributed by atoms with Gasteiger partial charge in [0.2, 0.25) is 10.0 Å². The topological polar surface area (TPSA) is 94.0 Å². The first kappa shape index (κ1) is 15.3. The fourth-order valence-corrected chi connectivity index (χ4v) is 2.82. The third-order valence-corrected chi connectivity index (χ3v) is 4.37. The van der Waals surface area contributed by atoms with E-state index >= 15 is 0 Å². The van der Waals surface area contributed by atoms with Gasteiger partial charge in [0.15, 0.2) is 5.78 Å². The van der Waals surface area contributed by atoms with Gasteiger partial charge in [-0.3, -0.25) is 9.48 Å². The summed E-state index contributed by atoms with van der Waals surface area (Å²) in [4.78, 5) is 15.1. The van der Waals surface area contributed by atoms with Crippen molar-refractivity contribution in [2.75, 3.05) is 6.54 Å². The lowest BCUT2D eigenvalue weighted by Crippen LogP contribution is -2.25. The first-order chi connectivity index (χ1) is 9.99. The molecule has 0 spiro atoms. The Morgan fingerprint density at radius 1 is 1.29 bits per heavy atom. The van der Waals surface area contributed by atoms with E-state index in [1.54, 1.807) is 11.0 Å². The Kier molecular flexibility index (Phi) is 4.81. The van der Waals surface area contributed by atoms with E-state index in [0.29, 0.717) is 25.1 Å². The van der Waals surface area contributed by atoms with E-state index in [4.69, 9.17) is 0 Å². The van der Waals surface area contributed by atoms with Gasteiger partial charge in [-0.2, -0.15) is 5.10 Å². The summed E-state index contributed by atoms with van der Waals surface area (Å²) < 4.78 is 28.2. The number of Topliss-reactive ketones (excluding diaryl/α,β-unsaturated/α-hetero) is 1. The Labute approximate surface area is 123 Å². The third kappa shape index (κ3) is 4.20. The van der Waals surface area contributed by atoms with Crippen LogP contribution >= 0.6 is 0 Å². The summed E-state index contributed by atoms with van der Waals surface area (Å²) in [6.45, 7) is 2.33. The van der Waals surface area contributed by atoms with Crippen LogP contribution in [0.1, 0.15) is 23.7 Å². The number of rotatable bonds is 7. The predicted octanol–water partition coefficient (Wildman–Crippen LogP) is 0.849. The number of aromatic nitrogens is 3. The summed E-state index contributed by atoms with van der Waals surface area (Å²) in [6, 6.07) is 5.87. The Balaban J connectivity index is 1.90. The third-order valence-electron chi connectivity index (χ3n) is 2.89. The van der Waals surface area contributed by atoms with E-state index < -0.39 is 10.0 Å². The average molecular weight is 308 g/mol. The molecule has 0 unspecified atom stereocenters. The highest BCUT2D eigenvalue weighted by Gasteiger charge is 2.13. The first-order valence-electron chi connectivity index (χ1n) is 6.42. The van der Waals surface area contributed by atoms with Crippen LogP contribution in [0, 0.1) is 0 Å². The molecule has 0 saturated heterocycles. The van der Waals surface area contributed by atoms with Crippen LogP contribution in [0.3, 0.4) is 0 Å². The zero-order chi connectivity index (χ0) is 15.3. The molecule has 21 heavy (non-hydrogen) atoms.